The molecule has 210 valence electrons. The number of allylic oxidation sites excluding steroid dienone is 1. The number of nitrogens with one attached hydrogen (secondary N) is 1. The number of Topliss-reactive ketones (excluding diaryl/α,β-unsaturated/α-hetero) is 2. The van der Waals surface area contributed by atoms with Crippen molar-refractivity contribution < 1.29 is 23.9 Å². The number of ketones is 2. The first-order chi connectivity index (χ1) is 19.5. The van der Waals surface area contributed by atoms with Gasteiger partial charge in [0.1, 0.15) is 23.0 Å². The molecule has 3 aromatic carbocycles. The van der Waals surface area contributed by atoms with Crippen LogP contribution in [0.2, 0.25) is 0 Å². The van der Waals surface area contributed by atoms with Crippen molar-refractivity contribution in [1.82, 2.24) is 0 Å². The maximum absolute atomic E-state index is 15.1. The minimum absolute atomic E-state index is 0.112. The molecule has 0 unspecified atom stereocenters. The van der Waals surface area contributed by atoms with E-state index in [0.717, 1.165) is 16.8 Å². The summed E-state index contributed by atoms with van der Waals surface area (Å²) in [5, 5.41) is 3.07. The Morgan fingerprint density at radius 2 is 1.66 bits per heavy atom. The van der Waals surface area contributed by atoms with Gasteiger partial charge in [-0.3, -0.25) is 14.4 Å². The van der Waals surface area contributed by atoms with Crippen LogP contribution in [0, 0.1) is 11.3 Å². The van der Waals surface area contributed by atoms with E-state index in [0.29, 0.717) is 22.7 Å². The summed E-state index contributed by atoms with van der Waals surface area (Å²) < 4.78 is 11.1. The third-order valence-corrected chi connectivity index (χ3v) is 8.85. The lowest BCUT2D eigenvalue weighted by molar-refractivity contribution is -0.128. The summed E-state index contributed by atoms with van der Waals surface area (Å²) in [5.41, 5.74) is 2.28. The van der Waals surface area contributed by atoms with Gasteiger partial charge in [-0.05, 0) is 48.4 Å². The van der Waals surface area contributed by atoms with E-state index < -0.39 is 28.8 Å². The molecule has 3 heterocycles. The highest BCUT2D eigenvalue weighted by Crippen LogP contribution is 2.59. The highest BCUT2D eigenvalue weighted by atomic mass is 16.5. The van der Waals surface area contributed by atoms with Gasteiger partial charge in [0.05, 0.1) is 31.7 Å². The van der Waals surface area contributed by atoms with Gasteiger partial charge in [-0.25, -0.2) is 0 Å². The minimum Gasteiger partial charge on any atom is -0.497 e. The first kappa shape index (κ1) is 26.8. The molecule has 41 heavy (non-hydrogen) atoms. The van der Waals surface area contributed by atoms with E-state index in [-0.39, 0.29) is 23.0 Å². The monoisotopic (exact) mass is 550 g/mol. The number of rotatable bonds is 5. The van der Waals surface area contributed by atoms with Crippen molar-refractivity contribution in [2.24, 2.45) is 11.3 Å². The zero-order valence-electron chi connectivity index (χ0n) is 24.1. The first-order valence-corrected chi connectivity index (χ1v) is 13.8. The molecule has 1 amide bonds. The largest absolute Gasteiger partial charge is 0.497 e. The summed E-state index contributed by atoms with van der Waals surface area (Å²) in [6.45, 7) is 7.61. The van der Waals surface area contributed by atoms with E-state index in [2.05, 4.69) is 11.4 Å². The van der Waals surface area contributed by atoms with Gasteiger partial charge in [-0.2, -0.15) is 0 Å². The third kappa shape index (κ3) is 3.68. The smallest absolute Gasteiger partial charge is 0.238 e. The normalized spacial score (nSPS) is 24.2. The lowest BCUT2D eigenvalue weighted by Gasteiger charge is -2.39. The molecule has 1 saturated heterocycles. The van der Waals surface area contributed by atoms with Crippen LogP contribution in [0.25, 0.3) is 5.57 Å². The number of hydrogen-bond donors (Lipinski definition) is 1. The van der Waals surface area contributed by atoms with Crippen molar-refractivity contribution in [3.8, 4) is 11.5 Å². The van der Waals surface area contributed by atoms with Crippen molar-refractivity contribution in [3.63, 3.8) is 0 Å². The van der Waals surface area contributed by atoms with Gasteiger partial charge in [0.2, 0.25) is 5.91 Å². The minimum atomic E-state index is -1.37. The summed E-state index contributed by atoms with van der Waals surface area (Å²) in [6, 6.07) is 18.9. The topological polar surface area (TPSA) is 84.9 Å². The van der Waals surface area contributed by atoms with Gasteiger partial charge in [0.15, 0.2) is 11.6 Å². The number of carbonyl (C=O) groups is 3. The van der Waals surface area contributed by atoms with Gasteiger partial charge >= 0.3 is 0 Å². The highest BCUT2D eigenvalue weighted by Gasteiger charge is 2.71. The Morgan fingerprint density at radius 3 is 2.37 bits per heavy atom. The molecule has 0 bridgehead atoms. The second kappa shape index (κ2) is 9.33. The van der Waals surface area contributed by atoms with Gasteiger partial charge < -0.3 is 19.7 Å². The van der Waals surface area contributed by atoms with Crippen molar-refractivity contribution in [2.75, 3.05) is 24.4 Å². The Labute approximate surface area is 240 Å². The quantitative estimate of drug-likeness (QED) is 0.412. The number of carbonyl (C=O) groups excluding carboxylic acids is 3. The zero-order valence-corrected chi connectivity index (χ0v) is 24.1. The molecule has 0 saturated carbocycles. The summed E-state index contributed by atoms with van der Waals surface area (Å²) >= 11 is 0. The SMILES string of the molecule is COc1ccc(OC)c(C(=O)[C@@H]2[C@H](C(=O)C(C)(C)C)N3c4ccccc4C(C)=C[C@H]3[C@]23C(=O)Nc2ccccc23)c1. The highest BCUT2D eigenvalue weighted by molar-refractivity contribution is 6.17. The number of methoxy groups -OCH3 is 2. The number of nitrogens with zero attached hydrogens (tertiary/aromatic N) is 1. The fourth-order valence-electron chi connectivity index (χ4n) is 7.01. The van der Waals surface area contributed by atoms with Crippen LogP contribution in [0.4, 0.5) is 11.4 Å². The van der Waals surface area contributed by atoms with Crippen LogP contribution in [-0.2, 0) is 15.0 Å². The number of para-hydroxylation sites is 2. The number of anilines is 2. The number of hydrogen-bond acceptors (Lipinski definition) is 6. The number of ether oxygens (including phenoxy) is 2. The fraction of sp³-hybridized carbons (Fsp3) is 0.324. The average molecular weight is 551 g/mol. The molecule has 6 rings (SSSR count). The number of benzene rings is 3. The van der Waals surface area contributed by atoms with E-state index in [9.17, 15) is 9.59 Å². The molecule has 7 nitrogen and oxygen atoms in total. The Bertz CT molecular complexity index is 1630. The van der Waals surface area contributed by atoms with E-state index in [1.54, 1.807) is 18.2 Å². The van der Waals surface area contributed by atoms with Crippen molar-refractivity contribution in [2.45, 2.75) is 45.2 Å². The van der Waals surface area contributed by atoms with E-state index in [1.807, 2.05) is 81.1 Å². The molecule has 3 aliphatic rings. The molecule has 1 fully saturated rings. The lowest BCUT2D eigenvalue weighted by atomic mass is 9.63. The Balaban J connectivity index is 1.72. The molecule has 0 aromatic heterocycles. The zero-order chi connectivity index (χ0) is 29.3. The predicted octanol–water partition coefficient (Wildman–Crippen LogP) is 5.68. The van der Waals surface area contributed by atoms with Crippen LogP contribution in [0.15, 0.2) is 72.8 Å². The predicted molar refractivity (Wildman–Crippen MR) is 159 cm³/mol. The average Bonchev–Trinajstić information content (AvgIpc) is 3.43. The molecule has 7 heteroatoms. The van der Waals surface area contributed by atoms with Gasteiger partial charge in [0.25, 0.3) is 0 Å². The van der Waals surface area contributed by atoms with Crippen LogP contribution in [0.3, 0.4) is 0 Å². The molecule has 0 radical (unpaired) electrons. The van der Waals surface area contributed by atoms with E-state index in [1.165, 1.54) is 14.2 Å². The maximum atomic E-state index is 15.1. The van der Waals surface area contributed by atoms with Crippen LogP contribution in [0.1, 0.15) is 49.2 Å². The van der Waals surface area contributed by atoms with Crippen LogP contribution < -0.4 is 19.7 Å². The Hall–Kier alpha value is -4.39. The molecule has 4 atom stereocenters. The third-order valence-electron chi connectivity index (χ3n) is 8.85. The number of amides is 1. The van der Waals surface area contributed by atoms with Crippen molar-refractivity contribution in [1.29, 1.82) is 0 Å². The van der Waals surface area contributed by atoms with Crippen LogP contribution in [-0.4, -0.2) is 43.8 Å². The molecule has 0 aliphatic carbocycles. The molecule has 3 aliphatic heterocycles. The van der Waals surface area contributed by atoms with Gasteiger partial charge in [-0.1, -0.05) is 63.2 Å². The Morgan fingerprint density at radius 1 is 0.951 bits per heavy atom. The van der Waals surface area contributed by atoms with E-state index >= 15 is 4.79 Å². The van der Waals surface area contributed by atoms with Crippen LogP contribution in [0.5, 0.6) is 11.5 Å². The lowest BCUT2D eigenvalue weighted by Crippen LogP contribution is -2.51. The summed E-state index contributed by atoms with van der Waals surface area (Å²) in [5.74, 6) is -0.958. The fourth-order valence-corrected chi connectivity index (χ4v) is 7.01. The molecular formula is C34H34N2O5. The molecule has 1 spiro atoms. The standard InChI is InChI=1S/C34H34N2O5/c1-19-17-27-34(23-12-8-9-13-24(23)35-32(34)39)28(30(37)22-18-20(40-5)15-16-26(22)41-6)29(31(38)33(2,3)4)36(27)25-14-10-7-11-21(19)25/h7-18,27-29H,1-6H3,(H,35,39)/t27-,28-,29+,34-/m0/s1. The second-order valence-electron chi connectivity index (χ2n) is 12.1. The summed E-state index contributed by atoms with van der Waals surface area (Å²) in [7, 11) is 3.04. The van der Waals surface area contributed by atoms with Gasteiger partial charge in [-0.15, -0.1) is 0 Å². The van der Waals surface area contributed by atoms with Gasteiger partial charge in [0, 0.05) is 22.4 Å². The number of fused-ring (bicyclic) bond motifs is 6. The molecule has 1 N–H and O–H groups in total. The second-order valence-corrected chi connectivity index (χ2v) is 12.1. The molecule has 3 aromatic rings. The summed E-state index contributed by atoms with van der Waals surface area (Å²) in [4.78, 5) is 46.2. The Kier molecular flexibility index (Phi) is 6.10. The van der Waals surface area contributed by atoms with Crippen LogP contribution >= 0.6 is 0 Å². The molecular weight excluding hydrogens is 516 g/mol. The van der Waals surface area contributed by atoms with Crippen molar-refractivity contribution >= 4 is 34.4 Å². The summed E-state index contributed by atoms with van der Waals surface area (Å²) in [6.07, 6.45) is 2.06. The maximum Gasteiger partial charge on any atom is 0.238 e. The first-order valence-electron chi connectivity index (χ1n) is 13.8. The van der Waals surface area contributed by atoms with E-state index in [4.69, 9.17) is 9.47 Å². The van der Waals surface area contributed by atoms with Crippen molar-refractivity contribution in [3.05, 3.63) is 89.5 Å².